The molecule has 0 amide bonds. The van der Waals surface area contributed by atoms with Crippen LogP contribution in [0.25, 0.3) is 0 Å². The van der Waals surface area contributed by atoms with Crippen LogP contribution in [0.1, 0.15) is 47.0 Å². The zero-order valence-electron chi connectivity index (χ0n) is 11.1. The minimum atomic E-state index is 0.715. The van der Waals surface area contributed by atoms with Gasteiger partial charge in [0.2, 0.25) is 0 Å². The lowest BCUT2D eigenvalue weighted by Crippen LogP contribution is -2.21. The Bertz CT molecular complexity index is 224. The van der Waals surface area contributed by atoms with E-state index in [0.717, 1.165) is 24.9 Å². The maximum atomic E-state index is 4.56. The van der Waals surface area contributed by atoms with Crippen LogP contribution in [0.3, 0.4) is 0 Å². The van der Waals surface area contributed by atoms with Gasteiger partial charge in [-0.05, 0) is 31.1 Å². The third-order valence-corrected chi connectivity index (χ3v) is 3.86. The molecule has 0 aliphatic carbocycles. The highest BCUT2D eigenvalue weighted by molar-refractivity contribution is 8.14. The van der Waals surface area contributed by atoms with E-state index in [1.807, 2.05) is 11.8 Å². The van der Waals surface area contributed by atoms with Crippen LogP contribution in [0.5, 0.6) is 0 Å². The van der Waals surface area contributed by atoms with Crippen molar-refractivity contribution in [3.05, 3.63) is 0 Å². The van der Waals surface area contributed by atoms with E-state index in [4.69, 9.17) is 0 Å². The summed E-state index contributed by atoms with van der Waals surface area (Å²) >= 11 is 1.94. The second-order valence-corrected chi connectivity index (χ2v) is 6.77. The standard InChI is InChI=1S/C13H26N2S/c1-10(2)6-5-7-14-13-15-9-12(16-13)8-11(3)4/h10-12H,5-9H2,1-4H3,(H,14,15). The quantitative estimate of drug-likeness (QED) is 0.721. The molecule has 1 unspecified atom stereocenters. The smallest absolute Gasteiger partial charge is 0.156 e. The van der Waals surface area contributed by atoms with Crippen molar-refractivity contribution in [2.75, 3.05) is 13.1 Å². The fourth-order valence-electron chi connectivity index (χ4n) is 1.87. The van der Waals surface area contributed by atoms with Crippen LogP contribution >= 0.6 is 11.8 Å². The molecule has 0 radical (unpaired) electrons. The van der Waals surface area contributed by atoms with Gasteiger partial charge in [0.05, 0.1) is 6.54 Å². The van der Waals surface area contributed by atoms with Gasteiger partial charge in [-0.15, -0.1) is 0 Å². The minimum absolute atomic E-state index is 0.715. The van der Waals surface area contributed by atoms with Crippen molar-refractivity contribution in [2.45, 2.75) is 52.2 Å². The molecule has 1 aliphatic rings. The first-order valence-corrected chi connectivity index (χ1v) is 7.41. The van der Waals surface area contributed by atoms with Crippen molar-refractivity contribution in [3.63, 3.8) is 0 Å². The molecule has 0 aromatic carbocycles. The second-order valence-electron chi connectivity index (χ2n) is 5.48. The van der Waals surface area contributed by atoms with E-state index in [1.165, 1.54) is 24.4 Å². The zero-order chi connectivity index (χ0) is 12.0. The van der Waals surface area contributed by atoms with E-state index < -0.39 is 0 Å². The average molecular weight is 242 g/mol. The van der Waals surface area contributed by atoms with Gasteiger partial charge < -0.3 is 5.32 Å². The van der Waals surface area contributed by atoms with Crippen molar-refractivity contribution in [1.82, 2.24) is 5.32 Å². The molecule has 0 bridgehead atoms. The molecular weight excluding hydrogens is 216 g/mol. The maximum Gasteiger partial charge on any atom is 0.156 e. The number of nitrogens with one attached hydrogen (secondary N) is 1. The molecule has 0 saturated carbocycles. The molecule has 0 aromatic heterocycles. The summed E-state index contributed by atoms with van der Waals surface area (Å²) in [6.45, 7) is 11.2. The van der Waals surface area contributed by atoms with Gasteiger partial charge in [-0.25, -0.2) is 0 Å². The van der Waals surface area contributed by atoms with Gasteiger partial charge in [-0.3, -0.25) is 4.99 Å². The summed E-state index contributed by atoms with van der Waals surface area (Å²) in [5, 5.41) is 5.34. The summed E-state index contributed by atoms with van der Waals surface area (Å²) in [5.41, 5.74) is 0. The predicted octanol–water partition coefficient (Wildman–Crippen LogP) is 3.53. The zero-order valence-corrected chi connectivity index (χ0v) is 11.9. The van der Waals surface area contributed by atoms with Crippen LogP contribution in [0.15, 0.2) is 4.99 Å². The Morgan fingerprint density at radius 2 is 2.06 bits per heavy atom. The Labute approximate surface area is 105 Å². The van der Waals surface area contributed by atoms with E-state index in [1.54, 1.807) is 0 Å². The van der Waals surface area contributed by atoms with Crippen LogP contribution in [0, 0.1) is 11.8 Å². The Hall–Kier alpha value is -0.180. The molecule has 1 aliphatic heterocycles. The second kappa shape index (κ2) is 7.21. The first kappa shape index (κ1) is 13.9. The third kappa shape index (κ3) is 5.78. The lowest BCUT2D eigenvalue weighted by Gasteiger charge is -2.11. The third-order valence-electron chi connectivity index (χ3n) is 2.69. The molecule has 2 nitrogen and oxygen atoms in total. The lowest BCUT2D eigenvalue weighted by molar-refractivity contribution is 0.552. The van der Waals surface area contributed by atoms with Crippen molar-refractivity contribution in [2.24, 2.45) is 16.8 Å². The highest BCUT2D eigenvalue weighted by Gasteiger charge is 2.19. The fraction of sp³-hybridized carbons (Fsp3) is 0.923. The molecule has 1 atom stereocenters. The van der Waals surface area contributed by atoms with Crippen LogP contribution in [-0.2, 0) is 0 Å². The summed E-state index contributed by atoms with van der Waals surface area (Å²) in [7, 11) is 0. The van der Waals surface area contributed by atoms with Gasteiger partial charge in [-0.2, -0.15) is 0 Å². The van der Waals surface area contributed by atoms with Crippen molar-refractivity contribution < 1.29 is 0 Å². The van der Waals surface area contributed by atoms with Crippen LogP contribution in [0.2, 0.25) is 0 Å². The van der Waals surface area contributed by atoms with Gasteiger partial charge in [0.25, 0.3) is 0 Å². The maximum absolute atomic E-state index is 4.56. The Kier molecular flexibility index (Phi) is 6.25. The summed E-state index contributed by atoms with van der Waals surface area (Å²) in [5.74, 6) is 1.60. The average Bonchev–Trinajstić information content (AvgIpc) is 2.59. The number of nitrogens with zero attached hydrogens (tertiary/aromatic N) is 1. The molecule has 16 heavy (non-hydrogen) atoms. The number of thioether (sulfide) groups is 1. The Morgan fingerprint density at radius 1 is 1.31 bits per heavy atom. The first-order valence-electron chi connectivity index (χ1n) is 6.53. The van der Waals surface area contributed by atoms with Crippen molar-refractivity contribution >= 4 is 16.9 Å². The molecule has 0 spiro atoms. The fourth-order valence-corrected chi connectivity index (χ4v) is 3.15. The van der Waals surface area contributed by atoms with E-state index in [-0.39, 0.29) is 0 Å². The molecule has 0 fully saturated rings. The van der Waals surface area contributed by atoms with Crippen LogP contribution < -0.4 is 5.32 Å². The number of rotatable bonds is 6. The Balaban J connectivity index is 2.07. The number of hydrogen-bond acceptors (Lipinski definition) is 3. The molecule has 94 valence electrons. The molecule has 3 heteroatoms. The topological polar surface area (TPSA) is 24.4 Å². The van der Waals surface area contributed by atoms with Gasteiger partial charge in [-0.1, -0.05) is 39.5 Å². The largest absolute Gasteiger partial charge is 0.365 e. The number of aliphatic imine (C=N–C) groups is 1. The summed E-state index contributed by atoms with van der Waals surface area (Å²) in [6.07, 6.45) is 3.85. The van der Waals surface area contributed by atoms with E-state index in [2.05, 4.69) is 38.0 Å². The SMILES string of the molecule is CC(C)CCCNC1=NCC(CC(C)C)S1. The van der Waals surface area contributed by atoms with Gasteiger partial charge in [0, 0.05) is 11.8 Å². The molecule has 0 saturated heterocycles. The summed E-state index contributed by atoms with van der Waals surface area (Å²) in [4.78, 5) is 4.56. The predicted molar refractivity (Wildman–Crippen MR) is 75.2 cm³/mol. The summed E-state index contributed by atoms with van der Waals surface area (Å²) < 4.78 is 0. The summed E-state index contributed by atoms with van der Waals surface area (Å²) in [6, 6.07) is 0. The van der Waals surface area contributed by atoms with E-state index in [9.17, 15) is 0 Å². The molecular formula is C13H26N2S. The van der Waals surface area contributed by atoms with E-state index >= 15 is 0 Å². The highest BCUT2D eigenvalue weighted by Crippen LogP contribution is 2.25. The highest BCUT2D eigenvalue weighted by atomic mass is 32.2. The first-order chi connectivity index (χ1) is 7.58. The molecule has 1 rings (SSSR count). The minimum Gasteiger partial charge on any atom is -0.365 e. The monoisotopic (exact) mass is 242 g/mol. The van der Waals surface area contributed by atoms with Gasteiger partial charge in [0.15, 0.2) is 5.17 Å². The Morgan fingerprint density at radius 3 is 2.69 bits per heavy atom. The van der Waals surface area contributed by atoms with Crippen LogP contribution in [0.4, 0.5) is 0 Å². The lowest BCUT2D eigenvalue weighted by atomic mass is 10.1. The molecule has 1 heterocycles. The van der Waals surface area contributed by atoms with Crippen LogP contribution in [-0.4, -0.2) is 23.5 Å². The number of hydrogen-bond donors (Lipinski definition) is 1. The molecule has 0 aromatic rings. The van der Waals surface area contributed by atoms with Gasteiger partial charge >= 0.3 is 0 Å². The van der Waals surface area contributed by atoms with E-state index in [0.29, 0.717) is 5.25 Å². The molecule has 1 N–H and O–H groups in total. The normalized spacial score (nSPS) is 20.6. The van der Waals surface area contributed by atoms with Crippen molar-refractivity contribution in [1.29, 1.82) is 0 Å². The number of amidine groups is 1. The van der Waals surface area contributed by atoms with Crippen molar-refractivity contribution in [3.8, 4) is 0 Å². The van der Waals surface area contributed by atoms with Gasteiger partial charge in [0.1, 0.15) is 0 Å².